The molecule has 1 N–H and O–H groups in total. The van der Waals surface area contributed by atoms with Gasteiger partial charge in [0.25, 0.3) is 5.56 Å². The minimum Gasteiger partial charge on any atom is -0.497 e. The van der Waals surface area contributed by atoms with Crippen LogP contribution in [0.5, 0.6) is 5.75 Å². The van der Waals surface area contributed by atoms with Crippen LogP contribution < -0.4 is 10.3 Å². The van der Waals surface area contributed by atoms with Crippen LogP contribution in [0, 0.1) is 13.8 Å². The summed E-state index contributed by atoms with van der Waals surface area (Å²) in [5.74, 6) is 1.35. The Hall–Kier alpha value is -2.56. The highest BCUT2D eigenvalue weighted by Gasteiger charge is 2.13. The van der Waals surface area contributed by atoms with Crippen LogP contribution in [0.3, 0.4) is 0 Å². The van der Waals surface area contributed by atoms with Crippen molar-refractivity contribution in [2.45, 2.75) is 13.8 Å². The summed E-state index contributed by atoms with van der Waals surface area (Å²) in [4.78, 5) is 18.9. The fraction of sp³-hybridized carbons (Fsp3) is 0.200. The molecule has 0 radical (unpaired) electrons. The van der Waals surface area contributed by atoms with E-state index in [1.807, 2.05) is 42.6 Å². The molecule has 0 aliphatic heterocycles. The second-order valence-corrected chi connectivity index (χ2v) is 4.73. The number of benzene rings is 1. The van der Waals surface area contributed by atoms with Crippen molar-refractivity contribution in [3.05, 3.63) is 52.1 Å². The second-order valence-electron chi connectivity index (χ2n) is 4.73. The van der Waals surface area contributed by atoms with Crippen LogP contribution in [-0.2, 0) is 0 Å². The number of nitrogens with one attached hydrogen (secondary N) is 1. The maximum Gasteiger partial charge on any atom is 0.255 e. The topological polar surface area (TPSA) is 59.4 Å². The van der Waals surface area contributed by atoms with Gasteiger partial charge in [-0.1, -0.05) is 0 Å². The summed E-state index contributed by atoms with van der Waals surface area (Å²) in [5.41, 5.74) is 3.46. The van der Waals surface area contributed by atoms with Crippen molar-refractivity contribution in [2.24, 2.45) is 0 Å². The van der Waals surface area contributed by atoms with Gasteiger partial charge in [-0.3, -0.25) is 14.2 Å². The first-order valence-corrected chi connectivity index (χ1v) is 6.33. The van der Waals surface area contributed by atoms with Crippen LogP contribution in [-0.4, -0.2) is 21.5 Å². The minimum atomic E-state index is -0.117. The van der Waals surface area contributed by atoms with Gasteiger partial charge >= 0.3 is 0 Å². The van der Waals surface area contributed by atoms with Gasteiger partial charge < -0.3 is 4.74 Å². The molecular formula is C15H15N3O2. The van der Waals surface area contributed by atoms with Crippen molar-refractivity contribution < 1.29 is 4.74 Å². The molecule has 0 bridgehead atoms. The van der Waals surface area contributed by atoms with Crippen LogP contribution in [0.2, 0.25) is 0 Å². The van der Waals surface area contributed by atoms with E-state index in [1.165, 1.54) is 0 Å². The molecule has 0 spiro atoms. The van der Waals surface area contributed by atoms with Crippen molar-refractivity contribution in [3.63, 3.8) is 0 Å². The number of hydrogen-bond donors (Lipinski definition) is 1. The van der Waals surface area contributed by atoms with Crippen LogP contribution in [0.4, 0.5) is 0 Å². The number of H-pyrrole nitrogens is 1. The van der Waals surface area contributed by atoms with Gasteiger partial charge in [-0.05, 0) is 37.6 Å². The summed E-state index contributed by atoms with van der Waals surface area (Å²) < 4.78 is 7.12. The third-order valence-electron chi connectivity index (χ3n) is 3.49. The first kappa shape index (κ1) is 12.5. The van der Waals surface area contributed by atoms with E-state index in [4.69, 9.17) is 4.74 Å². The Balaban J connectivity index is 2.37. The standard InChI is InChI=1S/C15H15N3O2/c1-9-8-11(20-3)4-5-12(9)13-10(2)14(19)17-15-16-6-7-18(13)15/h4-8H,1-3H3,(H,16,17,19). The van der Waals surface area contributed by atoms with Crippen molar-refractivity contribution in [2.75, 3.05) is 7.11 Å². The summed E-state index contributed by atoms with van der Waals surface area (Å²) in [6.07, 6.45) is 3.52. The predicted molar refractivity (Wildman–Crippen MR) is 77.3 cm³/mol. The largest absolute Gasteiger partial charge is 0.497 e. The van der Waals surface area contributed by atoms with Crippen LogP contribution >= 0.6 is 0 Å². The minimum absolute atomic E-state index is 0.117. The monoisotopic (exact) mass is 269 g/mol. The average Bonchev–Trinajstić information content (AvgIpc) is 2.88. The van der Waals surface area contributed by atoms with Gasteiger partial charge in [0.2, 0.25) is 5.78 Å². The Morgan fingerprint density at radius 1 is 1.30 bits per heavy atom. The summed E-state index contributed by atoms with van der Waals surface area (Å²) in [5, 5.41) is 0. The molecule has 0 saturated heterocycles. The van der Waals surface area contributed by atoms with E-state index in [0.29, 0.717) is 11.3 Å². The molecule has 0 fully saturated rings. The molecule has 102 valence electrons. The van der Waals surface area contributed by atoms with Crippen molar-refractivity contribution in [1.82, 2.24) is 14.4 Å². The first-order valence-electron chi connectivity index (χ1n) is 6.33. The molecule has 3 rings (SSSR count). The van der Waals surface area contributed by atoms with Crippen LogP contribution in [0.15, 0.2) is 35.4 Å². The summed E-state index contributed by atoms with van der Waals surface area (Å²) in [6.45, 7) is 3.82. The van der Waals surface area contributed by atoms with Gasteiger partial charge in [-0.15, -0.1) is 0 Å². The molecule has 0 aliphatic carbocycles. The van der Waals surface area contributed by atoms with E-state index in [9.17, 15) is 4.79 Å². The lowest BCUT2D eigenvalue weighted by molar-refractivity contribution is 0.414. The van der Waals surface area contributed by atoms with Gasteiger partial charge in [0.15, 0.2) is 0 Å². The number of hydrogen-bond acceptors (Lipinski definition) is 3. The normalized spacial score (nSPS) is 10.9. The van der Waals surface area contributed by atoms with E-state index >= 15 is 0 Å². The summed E-state index contributed by atoms with van der Waals surface area (Å²) >= 11 is 0. The highest BCUT2D eigenvalue weighted by atomic mass is 16.5. The summed E-state index contributed by atoms with van der Waals surface area (Å²) in [6, 6.07) is 5.82. The van der Waals surface area contributed by atoms with E-state index in [0.717, 1.165) is 22.6 Å². The molecule has 2 aromatic heterocycles. The molecule has 0 saturated carbocycles. The zero-order valence-corrected chi connectivity index (χ0v) is 11.6. The maximum atomic E-state index is 12.0. The Morgan fingerprint density at radius 3 is 2.80 bits per heavy atom. The smallest absolute Gasteiger partial charge is 0.255 e. The molecule has 2 heterocycles. The highest BCUT2D eigenvalue weighted by Crippen LogP contribution is 2.28. The van der Waals surface area contributed by atoms with E-state index in [1.54, 1.807) is 13.3 Å². The number of nitrogens with zero attached hydrogens (tertiary/aromatic N) is 2. The molecule has 0 aliphatic rings. The van der Waals surface area contributed by atoms with Gasteiger partial charge in [-0.2, -0.15) is 0 Å². The lowest BCUT2D eigenvalue weighted by Crippen LogP contribution is -2.15. The molecule has 0 atom stereocenters. The number of imidazole rings is 1. The quantitative estimate of drug-likeness (QED) is 0.776. The molecule has 20 heavy (non-hydrogen) atoms. The lowest BCUT2D eigenvalue weighted by Gasteiger charge is -2.12. The Labute approximate surface area is 115 Å². The number of aromatic amines is 1. The van der Waals surface area contributed by atoms with E-state index in [-0.39, 0.29) is 5.56 Å². The second kappa shape index (κ2) is 4.52. The zero-order chi connectivity index (χ0) is 14.3. The molecule has 3 aromatic rings. The predicted octanol–water partition coefficient (Wildman–Crippen LogP) is 2.32. The average molecular weight is 269 g/mol. The Bertz CT molecular complexity index is 846. The highest BCUT2D eigenvalue weighted by molar-refractivity contribution is 5.69. The molecule has 0 amide bonds. The van der Waals surface area contributed by atoms with Gasteiger partial charge in [0, 0.05) is 23.5 Å². The Kier molecular flexibility index (Phi) is 2.82. The number of fused-ring (bicyclic) bond motifs is 1. The maximum absolute atomic E-state index is 12.0. The van der Waals surface area contributed by atoms with Crippen molar-refractivity contribution in [1.29, 1.82) is 0 Å². The fourth-order valence-electron chi connectivity index (χ4n) is 2.42. The van der Waals surface area contributed by atoms with Crippen molar-refractivity contribution in [3.8, 4) is 17.0 Å². The van der Waals surface area contributed by atoms with Crippen molar-refractivity contribution >= 4 is 5.78 Å². The molecule has 0 unspecified atom stereocenters. The zero-order valence-electron chi connectivity index (χ0n) is 11.6. The van der Waals surface area contributed by atoms with Gasteiger partial charge in [0.1, 0.15) is 5.75 Å². The Morgan fingerprint density at radius 2 is 2.10 bits per heavy atom. The molecule has 5 nitrogen and oxygen atoms in total. The lowest BCUT2D eigenvalue weighted by atomic mass is 10.0. The van der Waals surface area contributed by atoms with E-state index in [2.05, 4.69) is 9.97 Å². The molecule has 5 heteroatoms. The molecular weight excluding hydrogens is 254 g/mol. The van der Waals surface area contributed by atoms with E-state index < -0.39 is 0 Å². The van der Waals surface area contributed by atoms with Gasteiger partial charge in [0.05, 0.1) is 12.8 Å². The molecule has 1 aromatic carbocycles. The fourth-order valence-corrected chi connectivity index (χ4v) is 2.42. The number of ether oxygens (including phenoxy) is 1. The number of aromatic nitrogens is 3. The number of rotatable bonds is 2. The SMILES string of the molecule is COc1ccc(-c2c(C)c(=O)[nH]c3nccn23)c(C)c1. The summed E-state index contributed by atoms with van der Waals surface area (Å²) in [7, 11) is 1.64. The first-order chi connectivity index (χ1) is 9.61. The van der Waals surface area contributed by atoms with Gasteiger partial charge in [-0.25, -0.2) is 4.98 Å². The third kappa shape index (κ3) is 1.79. The van der Waals surface area contributed by atoms with Crippen LogP contribution in [0.25, 0.3) is 17.0 Å². The number of methoxy groups -OCH3 is 1. The van der Waals surface area contributed by atoms with Crippen LogP contribution in [0.1, 0.15) is 11.1 Å². The number of aryl methyl sites for hydroxylation is 1. The third-order valence-corrected chi connectivity index (χ3v) is 3.49.